The minimum absolute atomic E-state index is 0.191. The van der Waals surface area contributed by atoms with Gasteiger partial charge in [0, 0.05) is 12.1 Å². The molecule has 0 saturated heterocycles. The summed E-state index contributed by atoms with van der Waals surface area (Å²) in [6.45, 7) is 1.88. The highest BCUT2D eigenvalue weighted by atomic mass is 16.5. The van der Waals surface area contributed by atoms with Crippen LogP contribution in [0.3, 0.4) is 0 Å². The Kier molecular flexibility index (Phi) is 4.77. The molecule has 104 valence electrons. The van der Waals surface area contributed by atoms with Gasteiger partial charge in [0.25, 0.3) is 0 Å². The highest BCUT2D eigenvalue weighted by Crippen LogP contribution is 2.17. The Bertz CT molecular complexity index is 566. The summed E-state index contributed by atoms with van der Waals surface area (Å²) in [6.07, 6.45) is 0.788. The maximum atomic E-state index is 11.8. The number of rotatable bonds is 5. The van der Waals surface area contributed by atoms with Crippen molar-refractivity contribution in [3.63, 3.8) is 0 Å². The maximum Gasteiger partial charge on any atom is 0.306 e. The first-order valence-electron chi connectivity index (χ1n) is 6.74. The predicted molar refractivity (Wildman–Crippen MR) is 80.1 cm³/mol. The number of carbonyl (C=O) groups is 1. The van der Waals surface area contributed by atoms with Crippen LogP contribution in [0.1, 0.15) is 30.6 Å². The van der Waals surface area contributed by atoms with Crippen molar-refractivity contribution in [2.75, 3.05) is 5.73 Å². The van der Waals surface area contributed by atoms with Crippen molar-refractivity contribution in [2.24, 2.45) is 0 Å². The number of anilines is 1. The molecule has 0 aliphatic rings. The summed E-state index contributed by atoms with van der Waals surface area (Å²) in [5, 5.41) is 0. The number of nitrogen functional groups attached to an aromatic ring is 1. The van der Waals surface area contributed by atoms with E-state index in [0.29, 0.717) is 18.5 Å². The fourth-order valence-corrected chi connectivity index (χ4v) is 2.04. The van der Waals surface area contributed by atoms with E-state index in [-0.39, 0.29) is 12.1 Å². The molecule has 0 aromatic heterocycles. The average Bonchev–Trinajstić information content (AvgIpc) is 2.46. The summed E-state index contributed by atoms with van der Waals surface area (Å²) >= 11 is 0. The third-order valence-corrected chi connectivity index (χ3v) is 3.15. The minimum Gasteiger partial charge on any atom is -0.458 e. The summed E-state index contributed by atoms with van der Waals surface area (Å²) in [7, 11) is 0. The van der Waals surface area contributed by atoms with Crippen LogP contribution in [0.2, 0.25) is 0 Å². The molecular weight excluding hydrogens is 250 g/mol. The van der Waals surface area contributed by atoms with Crippen LogP contribution in [0.15, 0.2) is 54.6 Å². The number of ether oxygens (including phenoxy) is 1. The van der Waals surface area contributed by atoms with E-state index < -0.39 is 0 Å². The first-order valence-corrected chi connectivity index (χ1v) is 6.74. The lowest BCUT2D eigenvalue weighted by Gasteiger charge is -2.13. The molecular formula is C17H19NO2. The Morgan fingerprint density at radius 2 is 1.90 bits per heavy atom. The van der Waals surface area contributed by atoms with Gasteiger partial charge in [0.2, 0.25) is 0 Å². The number of esters is 1. The van der Waals surface area contributed by atoms with Crippen LogP contribution in [-0.4, -0.2) is 5.97 Å². The van der Waals surface area contributed by atoms with Gasteiger partial charge in [0.05, 0.1) is 0 Å². The molecule has 0 aliphatic carbocycles. The van der Waals surface area contributed by atoms with Crippen LogP contribution in [0.5, 0.6) is 0 Å². The van der Waals surface area contributed by atoms with Gasteiger partial charge in [0.15, 0.2) is 0 Å². The van der Waals surface area contributed by atoms with E-state index in [9.17, 15) is 4.79 Å². The lowest BCUT2D eigenvalue weighted by atomic mass is 10.1. The van der Waals surface area contributed by atoms with Gasteiger partial charge in [-0.1, -0.05) is 42.5 Å². The van der Waals surface area contributed by atoms with Crippen LogP contribution in [0.25, 0.3) is 0 Å². The topological polar surface area (TPSA) is 52.3 Å². The zero-order valence-electron chi connectivity index (χ0n) is 11.6. The van der Waals surface area contributed by atoms with Gasteiger partial charge in [0.1, 0.15) is 6.10 Å². The van der Waals surface area contributed by atoms with Crippen molar-refractivity contribution in [2.45, 2.75) is 25.9 Å². The molecule has 2 aromatic carbocycles. The zero-order chi connectivity index (χ0) is 14.4. The molecule has 1 unspecified atom stereocenters. The monoisotopic (exact) mass is 269 g/mol. The lowest BCUT2D eigenvalue weighted by molar-refractivity contribution is -0.148. The highest BCUT2D eigenvalue weighted by Gasteiger charge is 2.11. The Hall–Kier alpha value is -2.29. The molecule has 20 heavy (non-hydrogen) atoms. The quantitative estimate of drug-likeness (QED) is 0.667. The van der Waals surface area contributed by atoms with Crippen molar-refractivity contribution < 1.29 is 9.53 Å². The van der Waals surface area contributed by atoms with Crippen molar-refractivity contribution in [3.05, 3.63) is 65.7 Å². The fourth-order valence-electron chi connectivity index (χ4n) is 2.04. The van der Waals surface area contributed by atoms with Gasteiger partial charge in [-0.25, -0.2) is 0 Å². The lowest BCUT2D eigenvalue weighted by Crippen LogP contribution is -2.09. The number of benzene rings is 2. The van der Waals surface area contributed by atoms with Crippen molar-refractivity contribution in [1.82, 2.24) is 0 Å². The van der Waals surface area contributed by atoms with Gasteiger partial charge >= 0.3 is 5.97 Å². The van der Waals surface area contributed by atoms with E-state index in [2.05, 4.69) is 0 Å². The van der Waals surface area contributed by atoms with Crippen LogP contribution < -0.4 is 5.73 Å². The molecule has 0 heterocycles. The number of hydrogen-bond acceptors (Lipinski definition) is 3. The molecule has 0 radical (unpaired) electrons. The van der Waals surface area contributed by atoms with Crippen LogP contribution in [0, 0.1) is 0 Å². The molecule has 0 saturated carbocycles. The number of hydrogen-bond donors (Lipinski definition) is 1. The first kappa shape index (κ1) is 14.1. The molecule has 0 spiro atoms. The van der Waals surface area contributed by atoms with Gasteiger partial charge in [-0.3, -0.25) is 4.79 Å². The number of carbonyl (C=O) groups excluding carboxylic acids is 1. The molecule has 0 bridgehead atoms. The molecule has 0 amide bonds. The summed E-state index contributed by atoms with van der Waals surface area (Å²) in [6, 6.07) is 17.3. The maximum absolute atomic E-state index is 11.8. The van der Waals surface area contributed by atoms with Crippen LogP contribution in [-0.2, 0) is 16.0 Å². The molecule has 2 rings (SSSR count). The molecule has 3 heteroatoms. The Morgan fingerprint density at radius 3 is 2.60 bits per heavy atom. The number of aryl methyl sites for hydroxylation is 1. The molecule has 1 atom stereocenters. The predicted octanol–water partition coefficient (Wildman–Crippen LogP) is 3.51. The summed E-state index contributed by atoms with van der Waals surface area (Å²) < 4.78 is 5.42. The molecule has 0 fully saturated rings. The largest absolute Gasteiger partial charge is 0.458 e. The molecule has 3 nitrogen and oxygen atoms in total. The van der Waals surface area contributed by atoms with Crippen molar-refractivity contribution in [1.29, 1.82) is 0 Å². The molecule has 2 aromatic rings. The smallest absolute Gasteiger partial charge is 0.306 e. The van der Waals surface area contributed by atoms with E-state index >= 15 is 0 Å². The minimum atomic E-state index is -0.218. The third kappa shape index (κ3) is 4.12. The molecule has 2 N–H and O–H groups in total. The molecule has 0 aliphatic heterocycles. The van der Waals surface area contributed by atoms with E-state index in [1.54, 1.807) is 0 Å². The first-order chi connectivity index (χ1) is 9.65. The van der Waals surface area contributed by atoms with Crippen LogP contribution >= 0.6 is 0 Å². The zero-order valence-corrected chi connectivity index (χ0v) is 11.6. The standard InChI is InChI=1S/C17H19NO2/c1-13(15-7-3-2-4-8-15)20-17(19)11-10-14-6-5-9-16(18)12-14/h2-9,12-13H,10-11,18H2,1H3. The van der Waals surface area contributed by atoms with Gasteiger partial charge in [-0.05, 0) is 36.6 Å². The van der Waals surface area contributed by atoms with E-state index in [1.807, 2.05) is 61.5 Å². The van der Waals surface area contributed by atoms with Crippen molar-refractivity contribution >= 4 is 11.7 Å². The average molecular weight is 269 g/mol. The second-order valence-corrected chi connectivity index (χ2v) is 4.79. The van der Waals surface area contributed by atoms with Gasteiger partial charge in [-0.15, -0.1) is 0 Å². The summed E-state index contributed by atoms with van der Waals surface area (Å²) in [5.74, 6) is -0.191. The normalized spacial score (nSPS) is 11.8. The second kappa shape index (κ2) is 6.75. The Morgan fingerprint density at radius 1 is 1.15 bits per heavy atom. The van der Waals surface area contributed by atoms with E-state index in [4.69, 9.17) is 10.5 Å². The fraction of sp³-hybridized carbons (Fsp3) is 0.235. The Labute approximate surface area is 119 Å². The second-order valence-electron chi connectivity index (χ2n) is 4.79. The summed E-state index contributed by atoms with van der Waals surface area (Å²) in [4.78, 5) is 11.8. The van der Waals surface area contributed by atoms with Gasteiger partial charge in [-0.2, -0.15) is 0 Å². The summed E-state index contributed by atoms with van der Waals surface area (Å²) in [5.41, 5.74) is 8.48. The van der Waals surface area contributed by atoms with Crippen LogP contribution in [0.4, 0.5) is 5.69 Å². The van der Waals surface area contributed by atoms with E-state index in [1.165, 1.54) is 0 Å². The highest BCUT2D eigenvalue weighted by molar-refractivity contribution is 5.70. The van der Waals surface area contributed by atoms with E-state index in [0.717, 1.165) is 11.1 Å². The third-order valence-electron chi connectivity index (χ3n) is 3.15. The number of nitrogens with two attached hydrogens (primary N) is 1. The SMILES string of the molecule is CC(OC(=O)CCc1cccc(N)c1)c1ccccc1. The Balaban J connectivity index is 1.84. The van der Waals surface area contributed by atoms with Crippen molar-refractivity contribution in [3.8, 4) is 0 Å². The van der Waals surface area contributed by atoms with Gasteiger partial charge < -0.3 is 10.5 Å².